The Balaban J connectivity index is 2.35. The van der Waals surface area contributed by atoms with E-state index in [9.17, 15) is 0 Å². The van der Waals surface area contributed by atoms with Crippen LogP contribution in [0.15, 0.2) is 36.7 Å². The summed E-state index contributed by atoms with van der Waals surface area (Å²) in [4.78, 5) is 4.20. The molecule has 18 heavy (non-hydrogen) atoms. The van der Waals surface area contributed by atoms with Gasteiger partial charge < -0.3 is 0 Å². The van der Waals surface area contributed by atoms with Crippen molar-refractivity contribution >= 4 is 17.2 Å². The molecule has 0 aliphatic heterocycles. The van der Waals surface area contributed by atoms with Crippen molar-refractivity contribution in [2.75, 3.05) is 0 Å². The Bertz CT molecular complexity index is 705. The quantitative estimate of drug-likeness (QED) is 0.710. The summed E-state index contributed by atoms with van der Waals surface area (Å²) in [5.41, 5.74) is 2.59. The number of hydrogen-bond acceptors (Lipinski definition) is 3. The summed E-state index contributed by atoms with van der Waals surface area (Å²) in [6.07, 6.45) is 4.30. The number of benzene rings is 1. The summed E-state index contributed by atoms with van der Waals surface area (Å²) in [7, 11) is 0. The normalized spacial score (nSPS) is 11.0. The Labute approximate surface area is 109 Å². The van der Waals surface area contributed by atoms with Gasteiger partial charge in [0.25, 0.3) is 0 Å². The SMILES string of the molecule is CCc1nnc2cncc(-c3ccccc3Cl)n12. The molecule has 0 amide bonds. The fourth-order valence-corrected chi connectivity index (χ4v) is 2.23. The first-order chi connectivity index (χ1) is 8.81. The molecule has 0 unspecified atom stereocenters. The first-order valence-electron chi connectivity index (χ1n) is 5.74. The molecule has 5 heteroatoms. The predicted octanol–water partition coefficient (Wildman–Crippen LogP) is 3.01. The van der Waals surface area contributed by atoms with Crippen LogP contribution in [0.25, 0.3) is 16.9 Å². The Hall–Kier alpha value is -1.94. The van der Waals surface area contributed by atoms with E-state index in [0.29, 0.717) is 5.02 Å². The first-order valence-corrected chi connectivity index (χ1v) is 6.12. The van der Waals surface area contributed by atoms with Crippen LogP contribution in [0.2, 0.25) is 5.02 Å². The van der Waals surface area contributed by atoms with Crippen molar-refractivity contribution in [3.05, 3.63) is 47.5 Å². The largest absolute Gasteiger partial charge is 0.276 e. The standard InChI is InChI=1S/C13H11ClN4/c1-2-12-16-17-13-8-15-7-11(18(12)13)9-5-3-4-6-10(9)14/h3-8H,2H2,1H3. The van der Waals surface area contributed by atoms with Crippen LogP contribution in [0.3, 0.4) is 0 Å². The lowest BCUT2D eigenvalue weighted by molar-refractivity contribution is 0.910. The van der Waals surface area contributed by atoms with E-state index in [-0.39, 0.29) is 0 Å². The van der Waals surface area contributed by atoms with Gasteiger partial charge in [-0.15, -0.1) is 10.2 Å². The van der Waals surface area contributed by atoms with Crippen molar-refractivity contribution in [2.45, 2.75) is 13.3 Å². The predicted molar refractivity (Wildman–Crippen MR) is 70.6 cm³/mol. The Morgan fingerprint density at radius 3 is 2.78 bits per heavy atom. The van der Waals surface area contributed by atoms with E-state index < -0.39 is 0 Å². The maximum Gasteiger partial charge on any atom is 0.179 e. The number of rotatable bonds is 2. The van der Waals surface area contributed by atoms with Gasteiger partial charge in [0.15, 0.2) is 5.65 Å². The highest BCUT2D eigenvalue weighted by atomic mass is 35.5. The smallest absolute Gasteiger partial charge is 0.179 e. The molecule has 4 nitrogen and oxygen atoms in total. The van der Waals surface area contributed by atoms with E-state index in [1.54, 1.807) is 12.4 Å². The molecule has 3 rings (SSSR count). The summed E-state index contributed by atoms with van der Waals surface area (Å²) in [6.45, 7) is 2.05. The fourth-order valence-electron chi connectivity index (χ4n) is 2.00. The van der Waals surface area contributed by atoms with Gasteiger partial charge in [-0.3, -0.25) is 9.38 Å². The summed E-state index contributed by atoms with van der Waals surface area (Å²) in [5, 5.41) is 8.97. The Morgan fingerprint density at radius 2 is 2.00 bits per heavy atom. The van der Waals surface area contributed by atoms with E-state index in [4.69, 9.17) is 11.6 Å². The third-order valence-electron chi connectivity index (χ3n) is 2.85. The van der Waals surface area contributed by atoms with Gasteiger partial charge in [-0.2, -0.15) is 0 Å². The summed E-state index contributed by atoms with van der Waals surface area (Å²) in [5.74, 6) is 0.905. The minimum Gasteiger partial charge on any atom is -0.276 e. The molecule has 3 aromatic rings. The molecule has 90 valence electrons. The average molecular weight is 259 g/mol. The molecule has 0 fully saturated rings. The number of fused-ring (bicyclic) bond motifs is 1. The highest BCUT2D eigenvalue weighted by Gasteiger charge is 2.11. The summed E-state index contributed by atoms with van der Waals surface area (Å²) in [6, 6.07) is 7.70. The molecule has 2 aromatic heterocycles. The van der Waals surface area contributed by atoms with Crippen LogP contribution in [-0.2, 0) is 6.42 Å². The van der Waals surface area contributed by atoms with Crippen molar-refractivity contribution in [3.63, 3.8) is 0 Å². The molecule has 0 saturated heterocycles. The molecule has 0 aliphatic carbocycles. The zero-order chi connectivity index (χ0) is 12.5. The van der Waals surface area contributed by atoms with E-state index >= 15 is 0 Å². The molecule has 0 N–H and O–H groups in total. The fraction of sp³-hybridized carbons (Fsp3) is 0.154. The van der Waals surface area contributed by atoms with Gasteiger partial charge in [0.05, 0.1) is 18.1 Å². The maximum absolute atomic E-state index is 6.24. The van der Waals surface area contributed by atoms with Crippen LogP contribution in [0.4, 0.5) is 0 Å². The van der Waals surface area contributed by atoms with Gasteiger partial charge in [0.2, 0.25) is 0 Å². The number of halogens is 1. The van der Waals surface area contributed by atoms with Crippen molar-refractivity contribution < 1.29 is 0 Å². The lowest BCUT2D eigenvalue weighted by atomic mass is 10.1. The molecule has 2 heterocycles. The second-order valence-corrected chi connectivity index (χ2v) is 4.34. The molecule has 0 spiro atoms. The number of hydrogen-bond donors (Lipinski definition) is 0. The Morgan fingerprint density at radius 1 is 1.17 bits per heavy atom. The minimum atomic E-state index is 0.697. The van der Waals surface area contributed by atoms with Crippen LogP contribution in [0.1, 0.15) is 12.7 Å². The van der Waals surface area contributed by atoms with Gasteiger partial charge in [-0.1, -0.05) is 36.7 Å². The lowest BCUT2D eigenvalue weighted by Crippen LogP contribution is -1.98. The van der Waals surface area contributed by atoms with E-state index in [1.165, 1.54) is 0 Å². The molecule has 0 atom stereocenters. The second-order valence-electron chi connectivity index (χ2n) is 3.94. The average Bonchev–Trinajstić information content (AvgIpc) is 2.82. The highest BCUT2D eigenvalue weighted by molar-refractivity contribution is 6.33. The maximum atomic E-state index is 6.24. The first kappa shape index (κ1) is 11.2. The second kappa shape index (κ2) is 4.38. The molecule has 0 radical (unpaired) electrons. The van der Waals surface area contributed by atoms with Crippen molar-refractivity contribution in [2.24, 2.45) is 0 Å². The molecular weight excluding hydrogens is 248 g/mol. The van der Waals surface area contributed by atoms with E-state index in [1.807, 2.05) is 35.6 Å². The van der Waals surface area contributed by atoms with E-state index in [0.717, 1.165) is 29.1 Å². The number of aromatic nitrogens is 4. The number of nitrogens with zero attached hydrogens (tertiary/aromatic N) is 4. The van der Waals surface area contributed by atoms with Crippen molar-refractivity contribution in [1.82, 2.24) is 19.6 Å². The minimum absolute atomic E-state index is 0.697. The van der Waals surface area contributed by atoms with Gasteiger partial charge in [0, 0.05) is 17.0 Å². The van der Waals surface area contributed by atoms with Gasteiger partial charge in [-0.25, -0.2) is 0 Å². The molecule has 0 aliphatic rings. The summed E-state index contributed by atoms with van der Waals surface area (Å²) < 4.78 is 1.99. The zero-order valence-corrected chi connectivity index (χ0v) is 10.6. The van der Waals surface area contributed by atoms with Crippen LogP contribution in [-0.4, -0.2) is 19.6 Å². The van der Waals surface area contributed by atoms with E-state index in [2.05, 4.69) is 15.2 Å². The topological polar surface area (TPSA) is 43.1 Å². The lowest BCUT2D eigenvalue weighted by Gasteiger charge is -2.07. The number of aryl methyl sites for hydroxylation is 1. The van der Waals surface area contributed by atoms with Crippen LogP contribution in [0.5, 0.6) is 0 Å². The zero-order valence-electron chi connectivity index (χ0n) is 9.84. The third-order valence-corrected chi connectivity index (χ3v) is 3.18. The van der Waals surface area contributed by atoms with Gasteiger partial charge in [-0.05, 0) is 6.07 Å². The summed E-state index contributed by atoms with van der Waals surface area (Å²) >= 11 is 6.24. The third kappa shape index (κ3) is 1.66. The highest BCUT2D eigenvalue weighted by Crippen LogP contribution is 2.27. The molecule has 0 saturated carbocycles. The van der Waals surface area contributed by atoms with Crippen molar-refractivity contribution in [1.29, 1.82) is 0 Å². The van der Waals surface area contributed by atoms with Crippen molar-refractivity contribution in [3.8, 4) is 11.3 Å². The monoisotopic (exact) mass is 258 g/mol. The molecule has 0 bridgehead atoms. The molecule has 1 aromatic carbocycles. The van der Waals surface area contributed by atoms with Gasteiger partial charge in [0.1, 0.15) is 5.82 Å². The Kier molecular flexibility index (Phi) is 2.72. The van der Waals surface area contributed by atoms with Gasteiger partial charge >= 0.3 is 0 Å². The van der Waals surface area contributed by atoms with Crippen LogP contribution in [0, 0.1) is 0 Å². The van der Waals surface area contributed by atoms with Crippen LogP contribution < -0.4 is 0 Å². The molecular formula is C13H11ClN4. The van der Waals surface area contributed by atoms with Crippen LogP contribution >= 0.6 is 11.6 Å².